The highest BCUT2D eigenvalue weighted by Gasteiger charge is 2.48. The van der Waals surface area contributed by atoms with Gasteiger partial charge in [0.1, 0.15) is 5.75 Å². The second-order valence-corrected chi connectivity index (χ2v) is 6.12. The van der Waals surface area contributed by atoms with Gasteiger partial charge in [-0.2, -0.15) is 21.6 Å². The molecule has 1 heterocycles. The number of hydrogen-bond acceptors (Lipinski definition) is 6. The van der Waals surface area contributed by atoms with E-state index >= 15 is 0 Å². The fourth-order valence-electron chi connectivity index (χ4n) is 1.96. The number of halogens is 3. The maximum Gasteiger partial charge on any atom is 0.534 e. The summed E-state index contributed by atoms with van der Waals surface area (Å²) in [6.45, 7) is 1.55. The van der Waals surface area contributed by atoms with Gasteiger partial charge in [0.15, 0.2) is 0 Å². The fraction of sp³-hybridized carbons (Fsp3) is 0.231. The molecular weight excluding hydrogens is 371 g/mol. The molecule has 0 saturated heterocycles. The Balaban J connectivity index is 2.58. The van der Waals surface area contributed by atoms with Crippen molar-refractivity contribution in [3.63, 3.8) is 0 Å². The minimum absolute atomic E-state index is 0.0175. The minimum atomic E-state index is -5.92. The van der Waals surface area contributed by atoms with Gasteiger partial charge in [-0.1, -0.05) is 0 Å². The number of benzene rings is 1. The van der Waals surface area contributed by atoms with Gasteiger partial charge in [-0.3, -0.25) is 4.57 Å². The van der Waals surface area contributed by atoms with Crippen LogP contribution in [-0.4, -0.2) is 42.3 Å². The number of carboxylic acid groups (broad SMARTS) is 1. The normalized spacial score (nSPS) is 12.2. The van der Waals surface area contributed by atoms with Gasteiger partial charge in [0.2, 0.25) is 0 Å². The second kappa shape index (κ2) is 6.27. The molecular formula is C13H10F3NO7S. The van der Waals surface area contributed by atoms with Crippen molar-refractivity contribution >= 4 is 33.1 Å². The largest absolute Gasteiger partial charge is 0.534 e. The smallest absolute Gasteiger partial charge is 0.464 e. The third-order valence-electron chi connectivity index (χ3n) is 2.97. The summed E-state index contributed by atoms with van der Waals surface area (Å²) in [6, 6.07) is 2.68. The van der Waals surface area contributed by atoms with Crippen molar-refractivity contribution in [2.24, 2.45) is 0 Å². The number of carbonyl (C=O) groups excluding carboxylic acids is 1. The number of alkyl halides is 3. The van der Waals surface area contributed by atoms with Gasteiger partial charge in [0, 0.05) is 17.6 Å². The van der Waals surface area contributed by atoms with Crippen LogP contribution in [-0.2, 0) is 14.9 Å². The molecule has 0 bridgehead atoms. The topological polar surface area (TPSA) is 112 Å². The monoisotopic (exact) mass is 381 g/mol. The van der Waals surface area contributed by atoms with E-state index in [2.05, 4.69) is 4.18 Å². The van der Waals surface area contributed by atoms with E-state index < -0.39 is 33.4 Å². The Morgan fingerprint density at radius 2 is 1.92 bits per heavy atom. The lowest BCUT2D eigenvalue weighted by Gasteiger charge is -2.09. The Kier molecular flexibility index (Phi) is 4.66. The van der Waals surface area contributed by atoms with Crippen molar-refractivity contribution in [1.82, 2.24) is 4.57 Å². The molecule has 0 saturated carbocycles. The van der Waals surface area contributed by atoms with Gasteiger partial charge in [-0.05, 0) is 19.1 Å². The highest BCUT2D eigenvalue weighted by atomic mass is 32.2. The molecule has 0 aliphatic carbocycles. The molecule has 0 atom stereocenters. The van der Waals surface area contributed by atoms with Gasteiger partial charge in [0.25, 0.3) is 0 Å². The molecule has 0 unspecified atom stereocenters. The molecule has 0 radical (unpaired) electrons. The van der Waals surface area contributed by atoms with Crippen LogP contribution in [0.3, 0.4) is 0 Å². The van der Waals surface area contributed by atoms with Crippen LogP contribution in [0.5, 0.6) is 5.75 Å². The molecule has 0 aliphatic rings. The van der Waals surface area contributed by atoms with E-state index in [9.17, 15) is 31.2 Å². The number of nitrogens with zero attached hydrogens (tertiary/aromatic N) is 1. The summed E-state index contributed by atoms with van der Waals surface area (Å²) >= 11 is 0. The molecule has 0 fully saturated rings. The zero-order valence-corrected chi connectivity index (χ0v) is 13.2. The van der Waals surface area contributed by atoms with Crippen LogP contribution in [0.4, 0.5) is 18.0 Å². The zero-order valence-electron chi connectivity index (χ0n) is 12.4. The van der Waals surface area contributed by atoms with E-state index in [1.807, 2.05) is 0 Å². The Hall–Kier alpha value is -2.76. The molecule has 25 heavy (non-hydrogen) atoms. The number of esters is 1. The third-order valence-corrected chi connectivity index (χ3v) is 3.95. The number of rotatable bonds is 4. The van der Waals surface area contributed by atoms with Crippen molar-refractivity contribution in [3.8, 4) is 5.75 Å². The molecule has 0 aliphatic heterocycles. The highest BCUT2D eigenvalue weighted by Crippen LogP contribution is 2.30. The molecule has 136 valence electrons. The van der Waals surface area contributed by atoms with E-state index in [0.717, 1.165) is 24.4 Å². The number of fused-ring (bicyclic) bond motifs is 1. The fourth-order valence-corrected chi connectivity index (χ4v) is 2.41. The predicted octanol–water partition coefficient (Wildman–Crippen LogP) is 2.57. The van der Waals surface area contributed by atoms with Gasteiger partial charge in [-0.25, -0.2) is 9.59 Å². The van der Waals surface area contributed by atoms with Crippen molar-refractivity contribution in [1.29, 1.82) is 0 Å². The Labute approximate surface area is 138 Å². The molecule has 1 aromatic carbocycles. The SMILES string of the molecule is CCOC(=O)c1cn(C(=O)O)c2cc(OS(=O)(=O)C(F)(F)F)ccc12. The molecule has 12 heteroatoms. The summed E-state index contributed by atoms with van der Waals surface area (Å²) in [7, 11) is -5.92. The average Bonchev–Trinajstić information content (AvgIpc) is 2.85. The van der Waals surface area contributed by atoms with Gasteiger partial charge < -0.3 is 14.0 Å². The molecule has 1 aromatic heterocycles. The Bertz CT molecular complexity index is 946. The summed E-state index contributed by atoms with van der Waals surface area (Å²) in [5, 5.41) is 9.17. The van der Waals surface area contributed by atoms with Crippen molar-refractivity contribution < 1.29 is 45.2 Å². The quantitative estimate of drug-likeness (QED) is 0.492. The van der Waals surface area contributed by atoms with Crippen LogP contribution in [0.15, 0.2) is 24.4 Å². The van der Waals surface area contributed by atoms with Crippen molar-refractivity contribution in [3.05, 3.63) is 30.0 Å². The van der Waals surface area contributed by atoms with E-state index in [0.29, 0.717) is 4.57 Å². The molecule has 0 spiro atoms. The van der Waals surface area contributed by atoms with Gasteiger partial charge in [-0.15, -0.1) is 0 Å². The van der Waals surface area contributed by atoms with Crippen molar-refractivity contribution in [2.75, 3.05) is 6.61 Å². The third kappa shape index (κ3) is 3.52. The van der Waals surface area contributed by atoms with Crippen molar-refractivity contribution in [2.45, 2.75) is 12.4 Å². The summed E-state index contributed by atoms with van der Waals surface area (Å²) in [6.07, 6.45) is -0.635. The lowest BCUT2D eigenvalue weighted by molar-refractivity contribution is -0.0500. The predicted molar refractivity (Wildman–Crippen MR) is 76.9 cm³/mol. The number of hydrogen-bond donors (Lipinski definition) is 1. The molecule has 2 aromatic rings. The minimum Gasteiger partial charge on any atom is -0.464 e. The standard InChI is InChI=1S/C13H10F3NO7S/c1-2-23-11(18)9-6-17(12(19)20)10-5-7(3-4-8(9)10)24-25(21,22)13(14,15)16/h3-6H,2H2,1H3,(H,19,20). The highest BCUT2D eigenvalue weighted by molar-refractivity contribution is 7.88. The molecule has 1 N–H and O–H groups in total. The summed E-state index contributed by atoms with van der Waals surface area (Å²) in [5.41, 5.74) is -6.04. The Morgan fingerprint density at radius 3 is 2.44 bits per heavy atom. The maximum atomic E-state index is 12.4. The van der Waals surface area contributed by atoms with Gasteiger partial charge >= 0.3 is 27.7 Å². The van der Waals surface area contributed by atoms with Gasteiger partial charge in [0.05, 0.1) is 17.7 Å². The lowest BCUT2D eigenvalue weighted by Crippen LogP contribution is -2.28. The van der Waals surface area contributed by atoms with E-state index in [-0.39, 0.29) is 23.1 Å². The number of aromatic nitrogens is 1. The first-order valence-electron chi connectivity index (χ1n) is 6.54. The van der Waals surface area contributed by atoms with E-state index in [1.54, 1.807) is 0 Å². The van der Waals surface area contributed by atoms with Crippen LogP contribution < -0.4 is 4.18 Å². The first kappa shape index (κ1) is 18.6. The summed E-state index contributed by atoms with van der Waals surface area (Å²) in [5.74, 6) is -1.61. The van der Waals surface area contributed by atoms with Crippen LogP contribution in [0.1, 0.15) is 17.3 Å². The summed E-state index contributed by atoms with van der Waals surface area (Å²) < 4.78 is 68.4. The maximum absolute atomic E-state index is 12.4. The lowest BCUT2D eigenvalue weighted by atomic mass is 10.2. The first-order chi connectivity index (χ1) is 11.5. The number of carbonyl (C=O) groups is 2. The molecule has 0 amide bonds. The molecule has 2 rings (SSSR count). The first-order valence-corrected chi connectivity index (χ1v) is 7.95. The van der Waals surface area contributed by atoms with Crippen LogP contribution in [0.2, 0.25) is 0 Å². The Morgan fingerprint density at radius 1 is 1.28 bits per heavy atom. The average molecular weight is 381 g/mol. The second-order valence-electron chi connectivity index (χ2n) is 4.58. The van der Waals surface area contributed by atoms with Crippen LogP contribution in [0.25, 0.3) is 10.9 Å². The van der Waals surface area contributed by atoms with Crippen LogP contribution in [0, 0.1) is 0 Å². The molecule has 8 nitrogen and oxygen atoms in total. The summed E-state index contributed by atoms with van der Waals surface area (Å²) in [4.78, 5) is 23.1. The van der Waals surface area contributed by atoms with E-state index in [4.69, 9.17) is 9.84 Å². The van der Waals surface area contributed by atoms with E-state index in [1.165, 1.54) is 6.92 Å². The van der Waals surface area contributed by atoms with Crippen LogP contribution >= 0.6 is 0 Å². The zero-order chi connectivity index (χ0) is 19.0. The number of ether oxygens (including phenoxy) is 1.